The molecule has 0 spiro atoms. The highest BCUT2D eigenvalue weighted by atomic mass is 35.5. The van der Waals surface area contributed by atoms with E-state index in [-0.39, 0.29) is 18.1 Å². The molecule has 0 bridgehead atoms. The minimum absolute atomic E-state index is 0.222. The van der Waals surface area contributed by atoms with Crippen molar-refractivity contribution in [3.63, 3.8) is 0 Å². The number of para-hydroxylation sites is 1. The van der Waals surface area contributed by atoms with E-state index in [2.05, 4.69) is 15.7 Å². The molecule has 0 saturated carbocycles. The maximum atomic E-state index is 12.2. The van der Waals surface area contributed by atoms with Crippen molar-refractivity contribution >= 4 is 23.4 Å². The molecule has 1 heterocycles. The van der Waals surface area contributed by atoms with Gasteiger partial charge < -0.3 is 10.6 Å². The number of hydrogen-bond acceptors (Lipinski definition) is 4. The second-order valence-electron chi connectivity index (χ2n) is 5.39. The van der Waals surface area contributed by atoms with Gasteiger partial charge in [0.25, 0.3) is 5.91 Å². The number of benzene rings is 1. The predicted molar refractivity (Wildman–Crippen MR) is 95.2 cm³/mol. The van der Waals surface area contributed by atoms with E-state index in [0.29, 0.717) is 22.9 Å². The molecule has 1 aromatic heterocycles. The molecule has 25 heavy (non-hydrogen) atoms. The van der Waals surface area contributed by atoms with Gasteiger partial charge in [-0.15, -0.1) is 0 Å². The van der Waals surface area contributed by atoms with Crippen LogP contribution < -0.4 is 16.1 Å². The van der Waals surface area contributed by atoms with Crippen molar-refractivity contribution < 1.29 is 9.59 Å². The average Bonchev–Trinajstić information content (AvgIpc) is 2.59. The van der Waals surface area contributed by atoms with E-state index in [1.807, 2.05) is 6.92 Å². The first-order chi connectivity index (χ1) is 11.9. The summed E-state index contributed by atoms with van der Waals surface area (Å²) < 4.78 is 1.43. The highest BCUT2D eigenvalue weighted by Crippen LogP contribution is 2.19. The highest BCUT2D eigenvalue weighted by molar-refractivity contribution is 6.32. The van der Waals surface area contributed by atoms with Gasteiger partial charge in [0.05, 0.1) is 17.3 Å². The lowest BCUT2D eigenvalue weighted by molar-refractivity contribution is -0.120. The molecule has 132 valence electrons. The maximum Gasteiger partial charge on any atom is 0.276 e. The lowest BCUT2D eigenvalue weighted by atomic mass is 10.2. The van der Waals surface area contributed by atoms with Crippen LogP contribution in [0.3, 0.4) is 0 Å². The molecule has 0 saturated heterocycles. The average molecular weight is 363 g/mol. The monoisotopic (exact) mass is 362 g/mol. The maximum absolute atomic E-state index is 12.2. The predicted octanol–water partition coefficient (Wildman–Crippen LogP) is 1.45. The SMILES string of the molecule is CCCNC(=O)CNC(=O)c1nn(-c2ccccc2Cl)c(C)cc1=O. The fourth-order valence-corrected chi connectivity index (χ4v) is 2.36. The van der Waals surface area contributed by atoms with Crippen LogP contribution in [0.15, 0.2) is 35.1 Å². The number of aromatic nitrogens is 2. The van der Waals surface area contributed by atoms with Crippen LogP contribution in [0.4, 0.5) is 0 Å². The Morgan fingerprint density at radius 3 is 2.64 bits per heavy atom. The first-order valence-corrected chi connectivity index (χ1v) is 8.22. The van der Waals surface area contributed by atoms with Crippen LogP contribution in [-0.4, -0.2) is 34.7 Å². The third kappa shape index (κ3) is 4.67. The second kappa shape index (κ2) is 8.43. The molecular formula is C17H19ClN4O3. The standard InChI is InChI=1S/C17H19ClN4O3/c1-3-8-19-15(24)10-20-17(25)16-14(23)9-11(2)22(21-16)13-7-5-4-6-12(13)18/h4-7,9H,3,8,10H2,1-2H3,(H,19,24)(H,20,25). The van der Waals surface area contributed by atoms with Crippen LogP contribution in [-0.2, 0) is 4.79 Å². The Balaban J connectivity index is 2.25. The van der Waals surface area contributed by atoms with Crippen LogP contribution in [0, 0.1) is 6.92 Å². The molecular weight excluding hydrogens is 344 g/mol. The lowest BCUT2D eigenvalue weighted by Crippen LogP contribution is -2.39. The molecule has 0 unspecified atom stereocenters. The normalized spacial score (nSPS) is 10.4. The van der Waals surface area contributed by atoms with Crippen LogP contribution in [0.5, 0.6) is 0 Å². The van der Waals surface area contributed by atoms with E-state index in [1.54, 1.807) is 31.2 Å². The Hall–Kier alpha value is -2.67. The third-order valence-corrected chi connectivity index (χ3v) is 3.70. The summed E-state index contributed by atoms with van der Waals surface area (Å²) in [5.74, 6) is -1.04. The van der Waals surface area contributed by atoms with Crippen molar-refractivity contribution in [2.24, 2.45) is 0 Å². The van der Waals surface area contributed by atoms with Gasteiger partial charge in [-0.05, 0) is 25.5 Å². The van der Waals surface area contributed by atoms with E-state index < -0.39 is 11.3 Å². The summed E-state index contributed by atoms with van der Waals surface area (Å²) in [5.41, 5.74) is 0.271. The number of amides is 2. The zero-order valence-electron chi connectivity index (χ0n) is 14.0. The Morgan fingerprint density at radius 1 is 1.24 bits per heavy atom. The molecule has 2 rings (SSSR count). The zero-order valence-corrected chi connectivity index (χ0v) is 14.8. The van der Waals surface area contributed by atoms with Crippen LogP contribution in [0.1, 0.15) is 29.5 Å². The summed E-state index contributed by atoms with van der Waals surface area (Å²) in [5, 5.41) is 9.59. The second-order valence-corrected chi connectivity index (χ2v) is 5.80. The first-order valence-electron chi connectivity index (χ1n) is 7.84. The number of aryl methyl sites for hydroxylation is 1. The number of nitrogens with zero attached hydrogens (tertiary/aromatic N) is 2. The summed E-state index contributed by atoms with van der Waals surface area (Å²) in [6.07, 6.45) is 0.793. The number of rotatable bonds is 6. The van der Waals surface area contributed by atoms with Crippen LogP contribution in [0.2, 0.25) is 5.02 Å². The number of hydrogen-bond donors (Lipinski definition) is 2. The molecule has 0 fully saturated rings. The zero-order chi connectivity index (χ0) is 18.4. The van der Waals surface area contributed by atoms with Crippen molar-refractivity contribution in [3.8, 4) is 5.69 Å². The summed E-state index contributed by atoms with van der Waals surface area (Å²) in [6, 6.07) is 8.27. The van der Waals surface area contributed by atoms with Crippen molar-refractivity contribution in [3.05, 3.63) is 57.0 Å². The molecule has 0 aliphatic rings. The fraction of sp³-hybridized carbons (Fsp3) is 0.294. The van der Waals surface area contributed by atoms with Gasteiger partial charge in [0.15, 0.2) is 5.69 Å². The van der Waals surface area contributed by atoms with Crippen LogP contribution in [0.25, 0.3) is 5.69 Å². The number of nitrogens with one attached hydrogen (secondary N) is 2. The number of carbonyl (C=O) groups excluding carboxylic acids is 2. The minimum Gasteiger partial charge on any atom is -0.355 e. The minimum atomic E-state index is -0.711. The summed E-state index contributed by atoms with van der Waals surface area (Å²) in [6.45, 7) is 3.92. The van der Waals surface area contributed by atoms with Gasteiger partial charge in [0.1, 0.15) is 0 Å². The van der Waals surface area contributed by atoms with E-state index in [9.17, 15) is 14.4 Å². The van der Waals surface area contributed by atoms with E-state index >= 15 is 0 Å². The molecule has 7 nitrogen and oxygen atoms in total. The van der Waals surface area contributed by atoms with Gasteiger partial charge in [-0.3, -0.25) is 14.4 Å². The van der Waals surface area contributed by atoms with Gasteiger partial charge in [-0.2, -0.15) is 5.10 Å². The van der Waals surface area contributed by atoms with Gasteiger partial charge in [0.2, 0.25) is 11.3 Å². The van der Waals surface area contributed by atoms with Gasteiger partial charge in [-0.25, -0.2) is 4.68 Å². The molecule has 8 heteroatoms. The van der Waals surface area contributed by atoms with E-state index in [4.69, 9.17) is 11.6 Å². The van der Waals surface area contributed by atoms with Crippen molar-refractivity contribution in [1.29, 1.82) is 0 Å². The summed E-state index contributed by atoms with van der Waals surface area (Å²) in [7, 11) is 0. The van der Waals surface area contributed by atoms with Gasteiger partial charge in [-0.1, -0.05) is 30.7 Å². The fourth-order valence-electron chi connectivity index (χ4n) is 2.14. The summed E-state index contributed by atoms with van der Waals surface area (Å²) >= 11 is 6.16. The highest BCUT2D eigenvalue weighted by Gasteiger charge is 2.16. The summed E-state index contributed by atoms with van der Waals surface area (Å²) in [4.78, 5) is 35.9. The molecule has 2 aromatic rings. The van der Waals surface area contributed by atoms with Crippen molar-refractivity contribution in [2.45, 2.75) is 20.3 Å². The Morgan fingerprint density at radius 2 is 1.96 bits per heavy atom. The molecule has 0 aliphatic heterocycles. The third-order valence-electron chi connectivity index (χ3n) is 3.38. The lowest BCUT2D eigenvalue weighted by Gasteiger charge is -2.12. The Labute approximate surface area is 150 Å². The molecule has 1 aromatic carbocycles. The van der Waals surface area contributed by atoms with Crippen LogP contribution >= 0.6 is 11.6 Å². The Kier molecular flexibility index (Phi) is 6.30. The largest absolute Gasteiger partial charge is 0.355 e. The number of halogens is 1. The number of carbonyl (C=O) groups is 2. The molecule has 0 aliphatic carbocycles. The molecule has 0 atom stereocenters. The van der Waals surface area contributed by atoms with Gasteiger partial charge in [0, 0.05) is 18.3 Å². The molecule has 2 N–H and O–H groups in total. The van der Waals surface area contributed by atoms with Gasteiger partial charge >= 0.3 is 0 Å². The smallest absolute Gasteiger partial charge is 0.276 e. The molecule has 2 amide bonds. The van der Waals surface area contributed by atoms with Crippen molar-refractivity contribution in [1.82, 2.24) is 20.4 Å². The topological polar surface area (TPSA) is 93.1 Å². The quantitative estimate of drug-likeness (QED) is 0.813. The Bertz CT molecular complexity index is 848. The van der Waals surface area contributed by atoms with E-state index in [0.717, 1.165) is 6.42 Å². The first kappa shape index (κ1) is 18.7. The van der Waals surface area contributed by atoms with Crippen molar-refractivity contribution in [2.75, 3.05) is 13.1 Å². The molecule has 0 radical (unpaired) electrons. The van der Waals surface area contributed by atoms with E-state index in [1.165, 1.54) is 10.7 Å².